The third-order valence-corrected chi connectivity index (χ3v) is 5.17. The summed E-state index contributed by atoms with van der Waals surface area (Å²) in [4.78, 5) is 2.39. The molecule has 1 aliphatic heterocycles. The Morgan fingerprint density at radius 3 is 2.71 bits per heavy atom. The minimum absolute atomic E-state index is 0.296. The predicted molar refractivity (Wildman–Crippen MR) is 75.3 cm³/mol. The highest BCUT2D eigenvalue weighted by Gasteiger charge is 2.38. The largest absolute Gasteiger partial charge is 0.303 e. The average Bonchev–Trinajstić information content (AvgIpc) is 2.37. The van der Waals surface area contributed by atoms with E-state index >= 15 is 0 Å². The number of rotatable bonds is 6. The van der Waals surface area contributed by atoms with E-state index in [1.54, 1.807) is 0 Å². The Bertz CT molecular complexity index is 260. The highest BCUT2D eigenvalue weighted by molar-refractivity contribution is 8.00. The van der Waals surface area contributed by atoms with Gasteiger partial charge in [-0.15, -0.1) is 0 Å². The predicted octanol–water partition coefficient (Wildman–Crippen LogP) is 2.10. The van der Waals surface area contributed by atoms with Crippen LogP contribution in [0.3, 0.4) is 0 Å². The van der Waals surface area contributed by atoms with Gasteiger partial charge in [-0.1, -0.05) is 20.8 Å². The van der Waals surface area contributed by atoms with Gasteiger partial charge in [-0.05, 0) is 31.7 Å². The molecule has 0 aromatic heterocycles. The summed E-state index contributed by atoms with van der Waals surface area (Å²) >= 11 is 1.92. The van der Waals surface area contributed by atoms with Crippen molar-refractivity contribution in [3.63, 3.8) is 0 Å². The molecule has 0 saturated carbocycles. The lowest BCUT2D eigenvalue weighted by Gasteiger charge is -2.37. The van der Waals surface area contributed by atoms with Gasteiger partial charge in [0.2, 0.25) is 0 Å². The van der Waals surface area contributed by atoms with Crippen LogP contribution in [0.2, 0.25) is 0 Å². The molecule has 1 aliphatic rings. The molecule has 1 heterocycles. The van der Waals surface area contributed by atoms with Crippen LogP contribution in [-0.2, 0) is 0 Å². The number of nitriles is 1. The Labute approximate surface area is 110 Å². The molecule has 98 valence electrons. The lowest BCUT2D eigenvalue weighted by atomic mass is 9.91. The fourth-order valence-corrected chi connectivity index (χ4v) is 3.55. The number of hydrogen-bond donors (Lipinski definition) is 1. The summed E-state index contributed by atoms with van der Waals surface area (Å²) in [6, 6.07) is 2.53. The van der Waals surface area contributed by atoms with Crippen LogP contribution in [0.15, 0.2) is 0 Å². The molecule has 17 heavy (non-hydrogen) atoms. The van der Waals surface area contributed by atoms with E-state index in [1.807, 2.05) is 11.8 Å². The van der Waals surface area contributed by atoms with Crippen molar-refractivity contribution in [2.75, 3.05) is 31.9 Å². The van der Waals surface area contributed by atoms with E-state index in [1.165, 1.54) is 5.75 Å². The second-order valence-electron chi connectivity index (χ2n) is 4.65. The van der Waals surface area contributed by atoms with Crippen molar-refractivity contribution in [1.29, 1.82) is 5.26 Å². The van der Waals surface area contributed by atoms with Crippen molar-refractivity contribution in [2.24, 2.45) is 0 Å². The summed E-state index contributed by atoms with van der Waals surface area (Å²) in [5.74, 6) is 1.20. The third-order valence-electron chi connectivity index (χ3n) is 3.74. The van der Waals surface area contributed by atoms with E-state index in [2.05, 4.69) is 37.1 Å². The van der Waals surface area contributed by atoms with Crippen LogP contribution in [0, 0.1) is 11.3 Å². The van der Waals surface area contributed by atoms with Gasteiger partial charge in [0.1, 0.15) is 5.54 Å². The third kappa shape index (κ3) is 3.87. The van der Waals surface area contributed by atoms with Crippen LogP contribution >= 0.6 is 11.8 Å². The molecule has 1 saturated heterocycles. The molecule has 2 atom stereocenters. The summed E-state index contributed by atoms with van der Waals surface area (Å²) < 4.78 is 0. The first-order valence-corrected chi connectivity index (χ1v) is 7.73. The molecular formula is C13H25N3S. The quantitative estimate of drug-likeness (QED) is 0.789. The first-order chi connectivity index (χ1) is 8.18. The maximum atomic E-state index is 9.45. The standard InChI is InChI=1S/C13H25N3S/c1-4-16(5-2)9-8-15-13(11-14)7-6-10-17-12(13)3/h12,15H,4-10H2,1-3H3. The molecule has 0 aromatic carbocycles. The Hall–Kier alpha value is -0.240. The Kier molecular flexibility index (Phi) is 6.32. The zero-order chi connectivity index (χ0) is 12.7. The SMILES string of the molecule is CCN(CC)CCNC1(C#N)CCCSC1C. The van der Waals surface area contributed by atoms with Crippen LogP contribution in [0.1, 0.15) is 33.6 Å². The highest BCUT2D eigenvalue weighted by Crippen LogP contribution is 2.33. The van der Waals surface area contributed by atoms with Crippen LogP contribution < -0.4 is 5.32 Å². The molecule has 3 nitrogen and oxygen atoms in total. The summed E-state index contributed by atoms with van der Waals surface area (Å²) in [6.45, 7) is 10.7. The second kappa shape index (κ2) is 7.25. The van der Waals surface area contributed by atoms with Gasteiger partial charge in [0.05, 0.1) is 6.07 Å². The number of nitrogens with zero attached hydrogens (tertiary/aromatic N) is 2. The molecule has 2 unspecified atom stereocenters. The number of thioether (sulfide) groups is 1. The fourth-order valence-electron chi connectivity index (χ4n) is 2.35. The molecule has 0 aliphatic carbocycles. The van der Waals surface area contributed by atoms with Crippen LogP contribution in [0.4, 0.5) is 0 Å². The minimum atomic E-state index is -0.296. The molecule has 4 heteroatoms. The number of likely N-dealkylation sites (N-methyl/N-ethyl adjacent to an activating group) is 1. The minimum Gasteiger partial charge on any atom is -0.303 e. The molecule has 0 aromatic rings. The van der Waals surface area contributed by atoms with Crippen molar-refractivity contribution >= 4 is 11.8 Å². The van der Waals surface area contributed by atoms with E-state index < -0.39 is 0 Å². The van der Waals surface area contributed by atoms with Crippen LogP contribution in [0.25, 0.3) is 0 Å². The van der Waals surface area contributed by atoms with Crippen molar-refractivity contribution < 1.29 is 0 Å². The van der Waals surface area contributed by atoms with Crippen molar-refractivity contribution in [3.05, 3.63) is 0 Å². The lowest BCUT2D eigenvalue weighted by Crippen LogP contribution is -2.54. The number of hydrogen-bond acceptors (Lipinski definition) is 4. The maximum absolute atomic E-state index is 9.45. The van der Waals surface area contributed by atoms with Crippen molar-refractivity contribution in [2.45, 2.75) is 44.4 Å². The average molecular weight is 255 g/mol. The molecular weight excluding hydrogens is 230 g/mol. The smallest absolute Gasteiger partial charge is 0.118 e. The van der Waals surface area contributed by atoms with Gasteiger partial charge in [0.15, 0.2) is 0 Å². The van der Waals surface area contributed by atoms with Crippen LogP contribution in [0.5, 0.6) is 0 Å². The van der Waals surface area contributed by atoms with Gasteiger partial charge in [-0.3, -0.25) is 5.32 Å². The fraction of sp³-hybridized carbons (Fsp3) is 0.923. The molecule has 0 bridgehead atoms. The Morgan fingerprint density at radius 2 is 2.18 bits per heavy atom. The number of nitrogens with one attached hydrogen (secondary N) is 1. The Morgan fingerprint density at radius 1 is 1.47 bits per heavy atom. The second-order valence-corrected chi connectivity index (χ2v) is 6.10. The first-order valence-electron chi connectivity index (χ1n) is 6.68. The topological polar surface area (TPSA) is 39.1 Å². The van der Waals surface area contributed by atoms with E-state index in [9.17, 15) is 5.26 Å². The van der Waals surface area contributed by atoms with Gasteiger partial charge in [-0.2, -0.15) is 17.0 Å². The van der Waals surface area contributed by atoms with E-state index in [0.29, 0.717) is 5.25 Å². The summed E-state index contributed by atoms with van der Waals surface area (Å²) in [7, 11) is 0. The molecule has 0 radical (unpaired) electrons. The normalized spacial score (nSPS) is 29.2. The van der Waals surface area contributed by atoms with Gasteiger partial charge in [-0.25, -0.2) is 0 Å². The van der Waals surface area contributed by atoms with Crippen molar-refractivity contribution in [3.8, 4) is 6.07 Å². The summed E-state index contributed by atoms with van der Waals surface area (Å²) in [5.41, 5.74) is -0.296. The molecule has 0 spiro atoms. The highest BCUT2D eigenvalue weighted by atomic mass is 32.2. The first kappa shape index (κ1) is 14.8. The molecule has 1 rings (SSSR count). The maximum Gasteiger partial charge on any atom is 0.118 e. The summed E-state index contributed by atoms with van der Waals surface area (Å²) in [6.07, 6.45) is 2.15. The van der Waals surface area contributed by atoms with E-state index in [0.717, 1.165) is 39.0 Å². The van der Waals surface area contributed by atoms with Gasteiger partial charge in [0, 0.05) is 18.3 Å². The molecule has 1 N–H and O–H groups in total. The lowest BCUT2D eigenvalue weighted by molar-refractivity contribution is 0.278. The molecule has 1 fully saturated rings. The van der Waals surface area contributed by atoms with Gasteiger partial charge < -0.3 is 4.90 Å². The zero-order valence-corrected chi connectivity index (χ0v) is 12.1. The van der Waals surface area contributed by atoms with Gasteiger partial charge >= 0.3 is 0 Å². The summed E-state index contributed by atoms with van der Waals surface area (Å²) in [5, 5.41) is 13.4. The van der Waals surface area contributed by atoms with Crippen molar-refractivity contribution in [1.82, 2.24) is 10.2 Å². The zero-order valence-electron chi connectivity index (χ0n) is 11.3. The van der Waals surface area contributed by atoms with Gasteiger partial charge in [0.25, 0.3) is 0 Å². The van der Waals surface area contributed by atoms with E-state index in [-0.39, 0.29) is 5.54 Å². The van der Waals surface area contributed by atoms with E-state index in [4.69, 9.17) is 0 Å². The monoisotopic (exact) mass is 255 g/mol. The van der Waals surface area contributed by atoms with Crippen LogP contribution in [-0.4, -0.2) is 47.6 Å². The molecule has 0 amide bonds. The Balaban J connectivity index is 2.44.